The fourth-order valence-electron chi connectivity index (χ4n) is 4.35. The fraction of sp³-hybridized carbons (Fsp3) is 0.526. The van der Waals surface area contributed by atoms with Crippen LogP contribution in [0.2, 0.25) is 5.02 Å². The second-order valence-corrected chi connectivity index (χ2v) is 7.85. The summed E-state index contributed by atoms with van der Waals surface area (Å²) in [6.45, 7) is 1.85. The van der Waals surface area contributed by atoms with Gasteiger partial charge < -0.3 is 15.1 Å². The molecule has 140 valence electrons. The van der Waals surface area contributed by atoms with E-state index in [0.717, 1.165) is 18.8 Å². The van der Waals surface area contributed by atoms with Crippen molar-refractivity contribution in [3.05, 3.63) is 28.8 Å². The van der Waals surface area contributed by atoms with Gasteiger partial charge >= 0.3 is 0 Å². The minimum Gasteiger partial charge on any atom is -0.370 e. The van der Waals surface area contributed by atoms with Crippen LogP contribution in [0.25, 0.3) is 0 Å². The Morgan fingerprint density at radius 3 is 2.67 bits per heavy atom. The van der Waals surface area contributed by atoms with Gasteiger partial charge in [-0.3, -0.25) is 4.79 Å². The Morgan fingerprint density at radius 1 is 1.30 bits per heavy atom. The maximum Gasteiger partial charge on any atom is 0.237 e. The lowest BCUT2D eigenvalue weighted by atomic mass is 10.2. The number of benzene rings is 1. The molecule has 3 fully saturated rings. The molecule has 2 heterocycles. The Morgan fingerprint density at radius 2 is 2.04 bits per heavy atom. The molecular weight excluding hydrogens is 369 g/mol. The van der Waals surface area contributed by atoms with Crippen molar-refractivity contribution in [3.8, 4) is 12.1 Å². The molecule has 1 aliphatic carbocycles. The van der Waals surface area contributed by atoms with Crippen molar-refractivity contribution in [3.63, 3.8) is 0 Å². The standard InChI is InChI=1S/C19H19ClFN5O/c20-16-3-11(5-22)1-2-17(16)25-9-14-15(10-25)19(14)24-7-18(27)26-8-12(21)4-13(26)6-23/h1-3,12-15,19,24H,4,7-10H2/t12-,13-,14?,15?,19?/m0/s1. The van der Waals surface area contributed by atoms with Crippen molar-refractivity contribution < 1.29 is 9.18 Å². The van der Waals surface area contributed by atoms with Gasteiger partial charge in [-0.2, -0.15) is 10.5 Å². The van der Waals surface area contributed by atoms with E-state index in [1.807, 2.05) is 12.1 Å². The van der Waals surface area contributed by atoms with Gasteiger partial charge in [0.2, 0.25) is 5.91 Å². The number of likely N-dealkylation sites (tertiary alicyclic amines) is 1. The lowest BCUT2D eigenvalue weighted by Crippen LogP contribution is -2.43. The average Bonchev–Trinajstić information content (AvgIpc) is 2.99. The molecule has 1 aromatic carbocycles. The average molecular weight is 388 g/mol. The van der Waals surface area contributed by atoms with E-state index >= 15 is 0 Å². The molecule has 0 bridgehead atoms. The minimum atomic E-state index is -1.11. The van der Waals surface area contributed by atoms with Gasteiger partial charge in [-0.25, -0.2) is 4.39 Å². The highest BCUT2D eigenvalue weighted by atomic mass is 35.5. The molecule has 0 spiro atoms. The highest BCUT2D eigenvalue weighted by Crippen LogP contribution is 2.47. The van der Waals surface area contributed by atoms with Crippen LogP contribution in [-0.2, 0) is 4.79 Å². The normalized spacial score (nSPS) is 31.3. The quantitative estimate of drug-likeness (QED) is 0.850. The number of nitrogens with one attached hydrogen (secondary N) is 1. The number of piperidine rings is 1. The van der Waals surface area contributed by atoms with Crippen LogP contribution in [0, 0.1) is 34.5 Å². The van der Waals surface area contributed by atoms with Gasteiger partial charge in [0.25, 0.3) is 0 Å². The number of hydrogen-bond acceptors (Lipinski definition) is 5. The van der Waals surface area contributed by atoms with Crippen LogP contribution in [-0.4, -0.2) is 55.2 Å². The van der Waals surface area contributed by atoms with E-state index in [1.54, 1.807) is 12.1 Å². The van der Waals surface area contributed by atoms with E-state index in [0.29, 0.717) is 22.4 Å². The molecule has 8 heteroatoms. The van der Waals surface area contributed by atoms with Crippen molar-refractivity contribution in [1.29, 1.82) is 10.5 Å². The molecule has 4 atom stereocenters. The van der Waals surface area contributed by atoms with Gasteiger partial charge in [-0.15, -0.1) is 0 Å². The van der Waals surface area contributed by atoms with E-state index in [2.05, 4.69) is 16.3 Å². The van der Waals surface area contributed by atoms with Crippen LogP contribution in [0.1, 0.15) is 12.0 Å². The van der Waals surface area contributed by atoms with E-state index in [9.17, 15) is 9.18 Å². The van der Waals surface area contributed by atoms with Crippen molar-refractivity contribution >= 4 is 23.2 Å². The maximum atomic E-state index is 13.5. The van der Waals surface area contributed by atoms with Crippen LogP contribution in [0.3, 0.4) is 0 Å². The molecule has 1 saturated carbocycles. The highest BCUT2D eigenvalue weighted by Gasteiger charge is 2.56. The highest BCUT2D eigenvalue weighted by molar-refractivity contribution is 6.33. The lowest BCUT2D eigenvalue weighted by molar-refractivity contribution is -0.130. The first kappa shape index (κ1) is 18.0. The number of rotatable bonds is 4. The largest absolute Gasteiger partial charge is 0.370 e. The summed E-state index contributed by atoms with van der Waals surface area (Å²) >= 11 is 6.29. The third-order valence-electron chi connectivity index (χ3n) is 5.82. The summed E-state index contributed by atoms with van der Waals surface area (Å²) < 4.78 is 13.5. The number of fused-ring (bicyclic) bond motifs is 1. The first-order chi connectivity index (χ1) is 13.0. The summed E-state index contributed by atoms with van der Waals surface area (Å²) in [7, 11) is 0. The number of nitriles is 2. The summed E-state index contributed by atoms with van der Waals surface area (Å²) in [5, 5.41) is 21.8. The summed E-state index contributed by atoms with van der Waals surface area (Å²) in [5.74, 6) is 0.686. The Kier molecular flexibility index (Phi) is 4.67. The summed E-state index contributed by atoms with van der Waals surface area (Å²) in [5.41, 5.74) is 1.47. The number of anilines is 1. The predicted octanol–water partition coefficient (Wildman–Crippen LogP) is 1.70. The zero-order valence-corrected chi connectivity index (χ0v) is 15.4. The predicted molar refractivity (Wildman–Crippen MR) is 97.8 cm³/mol. The van der Waals surface area contributed by atoms with Crippen LogP contribution >= 0.6 is 11.6 Å². The van der Waals surface area contributed by atoms with Crippen molar-refractivity contribution in [2.75, 3.05) is 31.1 Å². The van der Waals surface area contributed by atoms with E-state index < -0.39 is 12.2 Å². The molecule has 2 unspecified atom stereocenters. The summed E-state index contributed by atoms with van der Waals surface area (Å²) in [6, 6.07) is 9.02. The van der Waals surface area contributed by atoms with Crippen molar-refractivity contribution in [2.24, 2.45) is 11.8 Å². The fourth-order valence-corrected chi connectivity index (χ4v) is 4.65. The van der Waals surface area contributed by atoms with Gasteiger partial charge in [0.15, 0.2) is 0 Å². The molecule has 1 amide bonds. The second-order valence-electron chi connectivity index (χ2n) is 7.44. The van der Waals surface area contributed by atoms with Gasteiger partial charge in [0, 0.05) is 25.6 Å². The molecule has 3 aliphatic rings. The Bertz CT molecular complexity index is 837. The third-order valence-corrected chi connectivity index (χ3v) is 6.12. The topological polar surface area (TPSA) is 83.2 Å². The molecule has 1 N–H and O–H groups in total. The Hall–Kier alpha value is -2.35. The first-order valence-electron chi connectivity index (χ1n) is 9.03. The summed E-state index contributed by atoms with van der Waals surface area (Å²) in [4.78, 5) is 15.8. The number of amides is 1. The maximum absolute atomic E-state index is 13.5. The van der Waals surface area contributed by atoms with Gasteiger partial charge in [-0.1, -0.05) is 11.6 Å². The van der Waals surface area contributed by atoms with Gasteiger partial charge in [0.1, 0.15) is 12.2 Å². The zero-order chi connectivity index (χ0) is 19.1. The lowest BCUT2D eigenvalue weighted by Gasteiger charge is -2.24. The van der Waals surface area contributed by atoms with Crippen LogP contribution < -0.4 is 10.2 Å². The molecule has 1 aromatic rings. The number of hydrogen-bond donors (Lipinski definition) is 1. The van der Waals surface area contributed by atoms with Crippen LogP contribution in [0.15, 0.2) is 18.2 Å². The molecule has 27 heavy (non-hydrogen) atoms. The smallest absolute Gasteiger partial charge is 0.237 e. The molecule has 2 saturated heterocycles. The minimum absolute atomic E-state index is 0.0151. The number of carbonyl (C=O) groups is 1. The number of alkyl halides is 1. The molecule has 0 radical (unpaired) electrons. The molecular formula is C19H19ClFN5O. The molecule has 6 nitrogen and oxygen atoms in total. The number of carbonyl (C=O) groups excluding carboxylic acids is 1. The van der Waals surface area contributed by atoms with E-state index in [4.69, 9.17) is 22.1 Å². The van der Waals surface area contributed by atoms with Crippen LogP contribution in [0.4, 0.5) is 10.1 Å². The molecule has 2 aliphatic heterocycles. The summed E-state index contributed by atoms with van der Waals surface area (Å²) in [6.07, 6.45) is -0.998. The number of halogens is 2. The second kappa shape index (κ2) is 6.99. The van der Waals surface area contributed by atoms with Gasteiger partial charge in [-0.05, 0) is 30.0 Å². The molecule has 4 rings (SSSR count). The van der Waals surface area contributed by atoms with E-state index in [1.165, 1.54) is 4.90 Å². The third kappa shape index (κ3) is 3.34. The van der Waals surface area contributed by atoms with E-state index in [-0.39, 0.29) is 31.5 Å². The van der Waals surface area contributed by atoms with Crippen molar-refractivity contribution in [1.82, 2.24) is 10.2 Å². The monoisotopic (exact) mass is 387 g/mol. The molecule has 0 aromatic heterocycles. The Balaban J connectivity index is 1.28. The Labute approximate surface area is 162 Å². The van der Waals surface area contributed by atoms with Crippen molar-refractivity contribution in [2.45, 2.75) is 24.7 Å². The van der Waals surface area contributed by atoms with Crippen LogP contribution in [0.5, 0.6) is 0 Å². The SMILES string of the molecule is N#Cc1ccc(N2CC3C(C2)C3NCC(=O)N2C[C@@H](F)C[C@H]2C#N)c(Cl)c1. The first-order valence-corrected chi connectivity index (χ1v) is 9.40. The number of nitrogens with zero attached hydrogens (tertiary/aromatic N) is 4. The van der Waals surface area contributed by atoms with Gasteiger partial charge in [0.05, 0.1) is 41.5 Å². The zero-order valence-electron chi connectivity index (χ0n) is 14.6.